The van der Waals surface area contributed by atoms with Gasteiger partial charge in [-0.1, -0.05) is 0 Å². The first-order valence-electron chi connectivity index (χ1n) is 9.70. The van der Waals surface area contributed by atoms with E-state index in [2.05, 4.69) is 10.2 Å². The molecule has 2 saturated heterocycles. The molecule has 3 rings (SSSR count). The van der Waals surface area contributed by atoms with Crippen LogP contribution in [0.4, 0.5) is 5.69 Å². The highest BCUT2D eigenvalue weighted by Crippen LogP contribution is 2.19. The van der Waals surface area contributed by atoms with Gasteiger partial charge in [0.05, 0.1) is 13.2 Å². The summed E-state index contributed by atoms with van der Waals surface area (Å²) in [6.45, 7) is 7.79. The summed E-state index contributed by atoms with van der Waals surface area (Å²) in [6.07, 6.45) is 1.75. The highest BCUT2D eigenvalue weighted by atomic mass is 16.5. The summed E-state index contributed by atoms with van der Waals surface area (Å²) in [7, 11) is 0. The van der Waals surface area contributed by atoms with Crippen LogP contribution in [0, 0.1) is 0 Å². The van der Waals surface area contributed by atoms with Gasteiger partial charge < -0.3 is 19.7 Å². The lowest BCUT2D eigenvalue weighted by Crippen LogP contribution is -2.48. The molecule has 27 heavy (non-hydrogen) atoms. The lowest BCUT2D eigenvalue weighted by molar-refractivity contribution is -0.114. The number of hydrogen-bond acceptors (Lipinski definition) is 5. The van der Waals surface area contributed by atoms with Crippen LogP contribution in [0.3, 0.4) is 0 Å². The van der Waals surface area contributed by atoms with Crippen LogP contribution in [0.25, 0.3) is 0 Å². The van der Waals surface area contributed by atoms with Gasteiger partial charge in [-0.25, -0.2) is 0 Å². The SMILES string of the molecule is CC(=O)Nc1ccc(C(=O)N(CCN2CCOCC2)C2CCOCC2)cc1. The molecule has 148 valence electrons. The average Bonchev–Trinajstić information content (AvgIpc) is 2.70. The van der Waals surface area contributed by atoms with Crippen molar-refractivity contribution in [2.75, 3.05) is 57.9 Å². The highest BCUT2D eigenvalue weighted by Gasteiger charge is 2.27. The summed E-state index contributed by atoms with van der Waals surface area (Å²) in [4.78, 5) is 28.7. The minimum Gasteiger partial charge on any atom is -0.381 e. The van der Waals surface area contributed by atoms with Crippen LogP contribution in [-0.2, 0) is 14.3 Å². The van der Waals surface area contributed by atoms with Gasteiger partial charge in [0, 0.05) is 63.6 Å². The van der Waals surface area contributed by atoms with Crippen molar-refractivity contribution in [3.05, 3.63) is 29.8 Å². The minimum absolute atomic E-state index is 0.0459. The first-order chi connectivity index (χ1) is 13.1. The number of morpholine rings is 1. The predicted molar refractivity (Wildman–Crippen MR) is 103 cm³/mol. The Balaban J connectivity index is 1.68. The molecule has 0 spiro atoms. The molecule has 0 unspecified atom stereocenters. The quantitative estimate of drug-likeness (QED) is 0.818. The lowest BCUT2D eigenvalue weighted by Gasteiger charge is -2.36. The van der Waals surface area contributed by atoms with Gasteiger partial charge in [0.2, 0.25) is 5.91 Å². The molecule has 0 saturated carbocycles. The second-order valence-corrected chi connectivity index (χ2v) is 7.05. The maximum absolute atomic E-state index is 13.2. The van der Waals surface area contributed by atoms with Gasteiger partial charge in [0.15, 0.2) is 0 Å². The Bertz CT molecular complexity index is 623. The lowest BCUT2D eigenvalue weighted by atomic mass is 10.0. The number of nitrogens with zero attached hydrogens (tertiary/aromatic N) is 2. The van der Waals surface area contributed by atoms with Crippen molar-refractivity contribution in [3.63, 3.8) is 0 Å². The van der Waals surface area contributed by atoms with Crippen LogP contribution in [0.15, 0.2) is 24.3 Å². The third kappa shape index (κ3) is 5.76. The third-order valence-corrected chi connectivity index (χ3v) is 5.11. The molecule has 2 amide bonds. The zero-order valence-electron chi connectivity index (χ0n) is 16.0. The van der Waals surface area contributed by atoms with Crippen molar-refractivity contribution in [2.24, 2.45) is 0 Å². The van der Waals surface area contributed by atoms with E-state index in [4.69, 9.17) is 9.47 Å². The summed E-state index contributed by atoms with van der Waals surface area (Å²) >= 11 is 0. The normalized spacial score (nSPS) is 18.9. The third-order valence-electron chi connectivity index (χ3n) is 5.11. The van der Waals surface area contributed by atoms with Crippen molar-refractivity contribution >= 4 is 17.5 Å². The average molecular weight is 375 g/mol. The molecule has 1 N–H and O–H groups in total. The first-order valence-corrected chi connectivity index (χ1v) is 9.70. The molecule has 2 heterocycles. The molecule has 0 atom stereocenters. The summed E-state index contributed by atoms with van der Waals surface area (Å²) < 4.78 is 10.9. The molecule has 1 aromatic rings. The molecule has 7 nitrogen and oxygen atoms in total. The molecule has 0 radical (unpaired) electrons. The van der Waals surface area contributed by atoms with E-state index in [-0.39, 0.29) is 17.9 Å². The molecule has 0 aromatic heterocycles. The molecule has 2 aliphatic heterocycles. The van der Waals surface area contributed by atoms with Gasteiger partial charge in [-0.15, -0.1) is 0 Å². The molecular weight excluding hydrogens is 346 g/mol. The van der Waals surface area contributed by atoms with Crippen molar-refractivity contribution in [1.29, 1.82) is 0 Å². The number of nitrogens with one attached hydrogen (secondary N) is 1. The highest BCUT2D eigenvalue weighted by molar-refractivity contribution is 5.95. The van der Waals surface area contributed by atoms with Crippen LogP contribution in [-0.4, -0.2) is 80.3 Å². The number of ether oxygens (including phenoxy) is 2. The summed E-state index contributed by atoms with van der Waals surface area (Å²) in [5, 5.41) is 2.73. The van der Waals surface area contributed by atoms with Gasteiger partial charge in [-0.3, -0.25) is 14.5 Å². The van der Waals surface area contributed by atoms with Crippen LogP contribution in [0.5, 0.6) is 0 Å². The van der Waals surface area contributed by atoms with Gasteiger partial charge in [0.1, 0.15) is 0 Å². The molecule has 2 aliphatic rings. The fraction of sp³-hybridized carbons (Fsp3) is 0.600. The van der Waals surface area contributed by atoms with Gasteiger partial charge in [0.25, 0.3) is 5.91 Å². The Hall–Kier alpha value is -1.96. The molecule has 0 bridgehead atoms. The maximum atomic E-state index is 13.2. The number of benzene rings is 1. The number of carbonyl (C=O) groups excluding carboxylic acids is 2. The molecule has 2 fully saturated rings. The Kier molecular flexibility index (Phi) is 7.20. The molecule has 1 aromatic carbocycles. The van der Waals surface area contributed by atoms with Gasteiger partial charge in [-0.2, -0.15) is 0 Å². The zero-order valence-corrected chi connectivity index (χ0v) is 16.0. The number of hydrogen-bond donors (Lipinski definition) is 1. The number of carbonyl (C=O) groups is 2. The fourth-order valence-electron chi connectivity index (χ4n) is 3.59. The second kappa shape index (κ2) is 9.82. The van der Waals surface area contributed by atoms with E-state index >= 15 is 0 Å². The Morgan fingerprint density at radius 3 is 2.33 bits per heavy atom. The Labute approximate surface area is 160 Å². The maximum Gasteiger partial charge on any atom is 0.254 e. The second-order valence-electron chi connectivity index (χ2n) is 7.05. The smallest absolute Gasteiger partial charge is 0.254 e. The largest absolute Gasteiger partial charge is 0.381 e. The zero-order chi connectivity index (χ0) is 19.1. The number of amides is 2. The number of anilines is 1. The fourth-order valence-corrected chi connectivity index (χ4v) is 3.59. The summed E-state index contributed by atoms with van der Waals surface area (Å²) in [5.41, 5.74) is 1.35. The van der Waals surface area contributed by atoms with E-state index in [1.807, 2.05) is 4.90 Å². The van der Waals surface area contributed by atoms with Gasteiger partial charge >= 0.3 is 0 Å². The van der Waals surface area contributed by atoms with E-state index in [0.717, 1.165) is 45.7 Å². The van der Waals surface area contributed by atoms with E-state index in [0.29, 0.717) is 31.0 Å². The van der Waals surface area contributed by atoms with Crippen LogP contribution in [0.2, 0.25) is 0 Å². The van der Waals surface area contributed by atoms with Crippen molar-refractivity contribution in [3.8, 4) is 0 Å². The van der Waals surface area contributed by atoms with Crippen LogP contribution in [0.1, 0.15) is 30.1 Å². The predicted octanol–water partition coefficient (Wildman–Crippen LogP) is 1.60. The monoisotopic (exact) mass is 375 g/mol. The molecular formula is C20H29N3O4. The standard InChI is InChI=1S/C20H29N3O4/c1-16(24)21-18-4-2-17(3-5-18)20(25)23(19-6-12-26-13-7-19)9-8-22-10-14-27-15-11-22/h2-5,19H,6-15H2,1H3,(H,21,24). The van der Waals surface area contributed by atoms with Crippen molar-refractivity contribution < 1.29 is 19.1 Å². The number of rotatable bonds is 6. The summed E-state index contributed by atoms with van der Waals surface area (Å²) in [5.74, 6) is -0.0760. The van der Waals surface area contributed by atoms with E-state index < -0.39 is 0 Å². The van der Waals surface area contributed by atoms with E-state index in [1.165, 1.54) is 6.92 Å². The summed E-state index contributed by atoms with van der Waals surface area (Å²) in [6, 6.07) is 7.34. The van der Waals surface area contributed by atoms with Crippen LogP contribution >= 0.6 is 0 Å². The van der Waals surface area contributed by atoms with Gasteiger partial charge in [-0.05, 0) is 37.1 Å². The first kappa shape index (κ1) is 19.8. The van der Waals surface area contributed by atoms with Crippen molar-refractivity contribution in [2.45, 2.75) is 25.8 Å². The molecule has 7 heteroatoms. The van der Waals surface area contributed by atoms with Crippen LogP contribution < -0.4 is 5.32 Å². The van der Waals surface area contributed by atoms with Crippen molar-refractivity contribution in [1.82, 2.24) is 9.80 Å². The minimum atomic E-state index is -0.122. The topological polar surface area (TPSA) is 71.1 Å². The Morgan fingerprint density at radius 2 is 1.70 bits per heavy atom. The molecule has 0 aliphatic carbocycles. The Morgan fingerprint density at radius 1 is 1.07 bits per heavy atom. The van der Waals surface area contributed by atoms with E-state index in [1.54, 1.807) is 24.3 Å². The van der Waals surface area contributed by atoms with E-state index in [9.17, 15) is 9.59 Å².